The Morgan fingerprint density at radius 2 is 1.12 bits per heavy atom. The molecule has 0 atom stereocenters. The van der Waals surface area contributed by atoms with Crippen molar-refractivity contribution in [3.05, 3.63) is 0 Å². The summed E-state index contributed by atoms with van der Waals surface area (Å²) in [5, 5.41) is 0. The van der Waals surface area contributed by atoms with E-state index in [2.05, 4.69) is 27.7 Å². The Morgan fingerprint density at radius 3 is 1.41 bits per heavy atom. The van der Waals surface area contributed by atoms with Gasteiger partial charge in [-0.3, -0.25) is 0 Å². The van der Waals surface area contributed by atoms with Crippen LogP contribution in [0, 0.1) is 5.41 Å². The van der Waals surface area contributed by atoms with Crippen LogP contribution in [0.4, 0.5) is 0 Å². The maximum atomic E-state index is 5.71. The highest BCUT2D eigenvalue weighted by atomic mass is 16.5. The van der Waals surface area contributed by atoms with Gasteiger partial charge in [-0.15, -0.1) is 0 Å². The lowest BCUT2D eigenvalue weighted by Crippen LogP contribution is -2.33. The Hall–Kier alpha value is -0.0800. The van der Waals surface area contributed by atoms with E-state index in [0.29, 0.717) is 0 Å². The standard InChI is InChI=1S/C15H32O2/c1-5-9-11-15(12-10-6-2,13-16-7-3)14-17-8-4/h5-14H2,1-4H3. The second kappa shape index (κ2) is 11.0. The van der Waals surface area contributed by atoms with E-state index in [-0.39, 0.29) is 5.41 Å². The molecule has 17 heavy (non-hydrogen) atoms. The molecular formula is C15H32O2. The fourth-order valence-electron chi connectivity index (χ4n) is 2.20. The zero-order valence-corrected chi connectivity index (χ0v) is 12.4. The lowest BCUT2D eigenvalue weighted by Gasteiger charge is -2.33. The lowest BCUT2D eigenvalue weighted by molar-refractivity contribution is -0.0286. The summed E-state index contributed by atoms with van der Waals surface area (Å²) in [5.41, 5.74) is 0.262. The first kappa shape index (κ1) is 16.9. The fraction of sp³-hybridized carbons (Fsp3) is 1.00. The summed E-state index contributed by atoms with van der Waals surface area (Å²) in [4.78, 5) is 0. The normalized spacial score (nSPS) is 12.0. The molecule has 0 aromatic heterocycles. The zero-order valence-electron chi connectivity index (χ0n) is 12.4. The summed E-state index contributed by atoms with van der Waals surface area (Å²) in [6, 6.07) is 0. The van der Waals surface area contributed by atoms with Gasteiger partial charge in [-0.1, -0.05) is 39.5 Å². The highest BCUT2D eigenvalue weighted by Crippen LogP contribution is 2.32. The van der Waals surface area contributed by atoms with Crippen LogP contribution in [0.1, 0.15) is 66.2 Å². The lowest BCUT2D eigenvalue weighted by atomic mass is 9.79. The molecule has 2 heteroatoms. The van der Waals surface area contributed by atoms with Crippen molar-refractivity contribution in [2.45, 2.75) is 66.2 Å². The van der Waals surface area contributed by atoms with Gasteiger partial charge >= 0.3 is 0 Å². The molecule has 0 radical (unpaired) electrons. The van der Waals surface area contributed by atoms with Crippen molar-refractivity contribution in [1.29, 1.82) is 0 Å². The summed E-state index contributed by atoms with van der Waals surface area (Å²) in [7, 11) is 0. The minimum Gasteiger partial charge on any atom is -0.381 e. The predicted octanol–water partition coefficient (Wildman–Crippen LogP) is 4.43. The molecule has 0 saturated heterocycles. The van der Waals surface area contributed by atoms with Gasteiger partial charge < -0.3 is 9.47 Å². The molecule has 0 rings (SSSR count). The van der Waals surface area contributed by atoms with E-state index in [1.54, 1.807) is 0 Å². The van der Waals surface area contributed by atoms with Crippen LogP contribution >= 0.6 is 0 Å². The number of unbranched alkanes of at least 4 members (excludes halogenated alkanes) is 2. The van der Waals surface area contributed by atoms with Crippen molar-refractivity contribution in [1.82, 2.24) is 0 Å². The van der Waals surface area contributed by atoms with Crippen LogP contribution < -0.4 is 0 Å². The molecule has 104 valence electrons. The molecule has 0 bridgehead atoms. The minimum atomic E-state index is 0.262. The fourth-order valence-corrected chi connectivity index (χ4v) is 2.20. The van der Waals surface area contributed by atoms with Crippen LogP contribution in [0.25, 0.3) is 0 Å². The third-order valence-electron chi connectivity index (χ3n) is 3.35. The smallest absolute Gasteiger partial charge is 0.0544 e. The second-order valence-electron chi connectivity index (χ2n) is 4.98. The average Bonchev–Trinajstić information content (AvgIpc) is 2.37. The molecule has 2 nitrogen and oxygen atoms in total. The van der Waals surface area contributed by atoms with Gasteiger partial charge in [-0.2, -0.15) is 0 Å². The van der Waals surface area contributed by atoms with Crippen molar-refractivity contribution in [3.8, 4) is 0 Å². The average molecular weight is 244 g/mol. The Bertz CT molecular complexity index is 119. The Morgan fingerprint density at radius 1 is 0.706 bits per heavy atom. The zero-order chi connectivity index (χ0) is 13.0. The summed E-state index contributed by atoms with van der Waals surface area (Å²) in [6.07, 6.45) is 7.55. The van der Waals surface area contributed by atoms with Gasteiger partial charge in [0.1, 0.15) is 0 Å². The van der Waals surface area contributed by atoms with Crippen LogP contribution in [-0.2, 0) is 9.47 Å². The van der Waals surface area contributed by atoms with E-state index >= 15 is 0 Å². The molecule has 0 aromatic rings. The number of rotatable bonds is 12. The van der Waals surface area contributed by atoms with Gasteiger partial charge in [0.15, 0.2) is 0 Å². The molecule has 0 aliphatic heterocycles. The van der Waals surface area contributed by atoms with Gasteiger partial charge in [0.05, 0.1) is 13.2 Å². The van der Waals surface area contributed by atoms with E-state index in [9.17, 15) is 0 Å². The van der Waals surface area contributed by atoms with E-state index in [1.807, 2.05) is 0 Å². The first-order valence-electron chi connectivity index (χ1n) is 7.40. The van der Waals surface area contributed by atoms with Gasteiger partial charge in [0, 0.05) is 18.6 Å². The monoisotopic (exact) mass is 244 g/mol. The van der Waals surface area contributed by atoms with E-state index in [4.69, 9.17) is 9.47 Å². The Balaban J connectivity index is 4.39. The van der Waals surface area contributed by atoms with Crippen molar-refractivity contribution in [3.63, 3.8) is 0 Å². The van der Waals surface area contributed by atoms with E-state index < -0.39 is 0 Å². The van der Waals surface area contributed by atoms with Crippen molar-refractivity contribution < 1.29 is 9.47 Å². The molecule has 0 aliphatic rings. The molecule has 0 spiro atoms. The van der Waals surface area contributed by atoms with Crippen LogP contribution in [0.2, 0.25) is 0 Å². The predicted molar refractivity (Wildman–Crippen MR) is 74.5 cm³/mol. The summed E-state index contributed by atoms with van der Waals surface area (Å²) < 4.78 is 11.4. The van der Waals surface area contributed by atoms with Crippen LogP contribution in [0.3, 0.4) is 0 Å². The molecule has 0 N–H and O–H groups in total. The highest BCUT2D eigenvalue weighted by Gasteiger charge is 2.29. The third kappa shape index (κ3) is 7.77. The highest BCUT2D eigenvalue weighted by molar-refractivity contribution is 4.79. The molecular weight excluding hydrogens is 212 g/mol. The minimum absolute atomic E-state index is 0.262. The van der Waals surface area contributed by atoms with Crippen molar-refractivity contribution in [2.24, 2.45) is 5.41 Å². The maximum absolute atomic E-state index is 5.71. The molecule has 0 saturated carbocycles. The van der Waals surface area contributed by atoms with Crippen LogP contribution in [0.15, 0.2) is 0 Å². The van der Waals surface area contributed by atoms with Crippen LogP contribution in [0.5, 0.6) is 0 Å². The number of ether oxygens (including phenoxy) is 2. The number of hydrogen-bond acceptors (Lipinski definition) is 2. The quantitative estimate of drug-likeness (QED) is 0.506. The molecule has 0 aliphatic carbocycles. The first-order chi connectivity index (χ1) is 8.24. The number of hydrogen-bond donors (Lipinski definition) is 0. The Kier molecular flexibility index (Phi) is 11.0. The molecule has 0 unspecified atom stereocenters. The van der Waals surface area contributed by atoms with Gasteiger partial charge in [-0.25, -0.2) is 0 Å². The van der Waals surface area contributed by atoms with Crippen LogP contribution in [-0.4, -0.2) is 26.4 Å². The third-order valence-corrected chi connectivity index (χ3v) is 3.35. The topological polar surface area (TPSA) is 18.5 Å². The van der Waals surface area contributed by atoms with Gasteiger partial charge in [0.25, 0.3) is 0 Å². The van der Waals surface area contributed by atoms with Crippen molar-refractivity contribution >= 4 is 0 Å². The Labute approximate surface area is 108 Å². The summed E-state index contributed by atoms with van der Waals surface area (Å²) in [6.45, 7) is 12.0. The van der Waals surface area contributed by atoms with E-state index in [1.165, 1.54) is 38.5 Å². The largest absolute Gasteiger partial charge is 0.381 e. The molecule has 0 amide bonds. The second-order valence-corrected chi connectivity index (χ2v) is 4.98. The SMILES string of the molecule is CCCCC(CCCC)(COCC)COCC. The van der Waals surface area contributed by atoms with E-state index in [0.717, 1.165) is 26.4 Å². The van der Waals surface area contributed by atoms with Gasteiger partial charge in [-0.05, 0) is 26.7 Å². The molecule has 0 aromatic carbocycles. The summed E-state index contributed by atoms with van der Waals surface area (Å²) >= 11 is 0. The van der Waals surface area contributed by atoms with Gasteiger partial charge in [0.2, 0.25) is 0 Å². The first-order valence-corrected chi connectivity index (χ1v) is 7.40. The maximum Gasteiger partial charge on any atom is 0.0544 e. The molecule has 0 heterocycles. The molecule has 0 fully saturated rings. The van der Waals surface area contributed by atoms with Crippen molar-refractivity contribution in [2.75, 3.05) is 26.4 Å². The summed E-state index contributed by atoms with van der Waals surface area (Å²) in [5.74, 6) is 0.